The highest BCUT2D eigenvalue weighted by Crippen LogP contribution is 2.23. The van der Waals surface area contributed by atoms with Gasteiger partial charge in [-0.1, -0.05) is 31.6 Å². The molecule has 6 heteroatoms. The van der Waals surface area contributed by atoms with Gasteiger partial charge in [0, 0.05) is 30.2 Å². The Kier molecular flexibility index (Phi) is 6.10. The molecule has 0 heterocycles. The molecule has 3 atom stereocenters. The number of benzene rings is 1. The maximum Gasteiger partial charge on any atom is 0.315 e. The fourth-order valence-corrected chi connectivity index (χ4v) is 2.76. The first-order chi connectivity index (χ1) is 11.0. The molecule has 1 aromatic rings. The Balaban J connectivity index is 1.99. The Morgan fingerprint density at radius 3 is 2.78 bits per heavy atom. The number of carbonyl (C=O) groups excluding carboxylic acids is 1. The zero-order valence-corrected chi connectivity index (χ0v) is 13.1. The van der Waals surface area contributed by atoms with E-state index in [9.17, 15) is 13.6 Å². The van der Waals surface area contributed by atoms with Crippen molar-refractivity contribution in [2.24, 2.45) is 5.92 Å². The van der Waals surface area contributed by atoms with Crippen LogP contribution in [-0.4, -0.2) is 23.8 Å². The van der Waals surface area contributed by atoms with E-state index < -0.39 is 23.7 Å². The summed E-state index contributed by atoms with van der Waals surface area (Å²) in [5.41, 5.74) is 0.276. The Hall–Kier alpha value is -1.95. The molecular formula is C17H22F2N2O2. The maximum atomic E-state index is 13.9. The molecule has 126 valence electrons. The summed E-state index contributed by atoms with van der Waals surface area (Å²) in [5.74, 6) is -1.25. The number of carbonyl (C=O) groups is 1. The largest absolute Gasteiger partial charge is 0.396 e. The zero-order valence-electron chi connectivity index (χ0n) is 13.1. The van der Waals surface area contributed by atoms with E-state index in [2.05, 4.69) is 10.6 Å². The van der Waals surface area contributed by atoms with Crippen LogP contribution in [0.2, 0.25) is 0 Å². The van der Waals surface area contributed by atoms with Crippen molar-refractivity contribution in [1.29, 1.82) is 0 Å². The first-order valence-electron chi connectivity index (χ1n) is 7.84. The predicted octanol–water partition coefficient (Wildman–Crippen LogP) is 3.04. The van der Waals surface area contributed by atoms with Gasteiger partial charge in [-0.05, 0) is 18.9 Å². The SMILES string of the molecule is CCC[C@H](NC(=O)N[C@@H]1C=C[C@H](CO)C1)c1ccc(F)cc1F. The predicted molar refractivity (Wildman–Crippen MR) is 83.8 cm³/mol. The van der Waals surface area contributed by atoms with E-state index in [1.807, 2.05) is 19.1 Å². The van der Waals surface area contributed by atoms with Crippen molar-refractivity contribution in [3.05, 3.63) is 47.5 Å². The van der Waals surface area contributed by atoms with Crippen LogP contribution in [0, 0.1) is 17.6 Å². The highest BCUT2D eigenvalue weighted by molar-refractivity contribution is 5.75. The molecule has 23 heavy (non-hydrogen) atoms. The Morgan fingerprint density at radius 1 is 1.39 bits per heavy atom. The lowest BCUT2D eigenvalue weighted by Crippen LogP contribution is -2.42. The molecule has 0 bridgehead atoms. The fraction of sp³-hybridized carbons (Fsp3) is 0.471. The lowest BCUT2D eigenvalue weighted by molar-refractivity contribution is 0.227. The molecule has 0 aliphatic heterocycles. The molecule has 1 aliphatic rings. The van der Waals surface area contributed by atoms with E-state index in [1.165, 1.54) is 12.1 Å². The molecular weight excluding hydrogens is 302 g/mol. The summed E-state index contributed by atoms with van der Waals surface area (Å²) in [7, 11) is 0. The van der Waals surface area contributed by atoms with E-state index in [1.54, 1.807) is 0 Å². The van der Waals surface area contributed by atoms with Gasteiger partial charge >= 0.3 is 6.03 Å². The second-order valence-electron chi connectivity index (χ2n) is 5.79. The number of aliphatic hydroxyl groups is 1. The van der Waals surface area contributed by atoms with Gasteiger partial charge in [-0.3, -0.25) is 0 Å². The summed E-state index contributed by atoms with van der Waals surface area (Å²) < 4.78 is 27.0. The lowest BCUT2D eigenvalue weighted by atomic mass is 10.0. The first kappa shape index (κ1) is 17.4. The van der Waals surface area contributed by atoms with Crippen LogP contribution in [-0.2, 0) is 0 Å². The maximum absolute atomic E-state index is 13.9. The Morgan fingerprint density at radius 2 is 2.17 bits per heavy atom. The number of hydrogen-bond donors (Lipinski definition) is 3. The summed E-state index contributed by atoms with van der Waals surface area (Å²) in [6.45, 7) is 1.98. The van der Waals surface area contributed by atoms with Crippen molar-refractivity contribution in [3.8, 4) is 0 Å². The monoisotopic (exact) mass is 324 g/mol. The Labute approximate surface area is 134 Å². The molecule has 2 rings (SSSR count). The van der Waals surface area contributed by atoms with Gasteiger partial charge in [-0.2, -0.15) is 0 Å². The van der Waals surface area contributed by atoms with Gasteiger partial charge < -0.3 is 15.7 Å². The van der Waals surface area contributed by atoms with Crippen molar-refractivity contribution in [2.75, 3.05) is 6.61 Å². The number of aliphatic hydroxyl groups excluding tert-OH is 1. The third-order valence-electron chi connectivity index (χ3n) is 3.94. The van der Waals surface area contributed by atoms with E-state index in [0.29, 0.717) is 12.8 Å². The van der Waals surface area contributed by atoms with Crippen molar-refractivity contribution in [1.82, 2.24) is 10.6 Å². The van der Waals surface area contributed by atoms with Crippen molar-refractivity contribution >= 4 is 6.03 Å². The molecule has 1 aromatic carbocycles. The molecule has 2 amide bonds. The summed E-state index contributed by atoms with van der Waals surface area (Å²) in [6.07, 6.45) is 5.66. The van der Waals surface area contributed by atoms with Crippen LogP contribution in [0.4, 0.5) is 13.6 Å². The molecule has 1 aliphatic carbocycles. The summed E-state index contributed by atoms with van der Waals surface area (Å²) in [6, 6.07) is 2.31. The lowest BCUT2D eigenvalue weighted by Gasteiger charge is -2.21. The normalized spacial score (nSPS) is 21.2. The number of urea groups is 1. The zero-order chi connectivity index (χ0) is 16.8. The first-order valence-corrected chi connectivity index (χ1v) is 7.84. The van der Waals surface area contributed by atoms with Crippen LogP contribution in [0.5, 0.6) is 0 Å². The van der Waals surface area contributed by atoms with Crippen molar-refractivity contribution in [3.63, 3.8) is 0 Å². The molecule has 0 saturated heterocycles. The van der Waals surface area contributed by atoms with Crippen LogP contribution >= 0.6 is 0 Å². The van der Waals surface area contributed by atoms with Crippen LogP contribution in [0.1, 0.15) is 37.8 Å². The molecule has 0 radical (unpaired) electrons. The minimum absolute atomic E-state index is 0.0511. The highest BCUT2D eigenvalue weighted by Gasteiger charge is 2.22. The van der Waals surface area contributed by atoms with E-state index >= 15 is 0 Å². The van der Waals surface area contributed by atoms with Crippen molar-refractivity contribution < 1.29 is 18.7 Å². The topological polar surface area (TPSA) is 61.4 Å². The van der Waals surface area contributed by atoms with E-state index in [0.717, 1.165) is 12.5 Å². The number of rotatable bonds is 6. The number of amides is 2. The molecule has 4 nitrogen and oxygen atoms in total. The summed E-state index contributed by atoms with van der Waals surface area (Å²) in [5, 5.41) is 14.6. The third-order valence-corrected chi connectivity index (χ3v) is 3.94. The van der Waals surface area contributed by atoms with Crippen LogP contribution in [0.15, 0.2) is 30.4 Å². The van der Waals surface area contributed by atoms with Gasteiger partial charge in [0.05, 0.1) is 6.04 Å². The molecule has 0 spiro atoms. The van der Waals surface area contributed by atoms with E-state index in [4.69, 9.17) is 5.11 Å². The quantitative estimate of drug-likeness (QED) is 0.704. The number of hydrogen-bond acceptors (Lipinski definition) is 2. The minimum atomic E-state index is -0.662. The minimum Gasteiger partial charge on any atom is -0.396 e. The smallest absolute Gasteiger partial charge is 0.315 e. The number of halogens is 2. The van der Waals surface area contributed by atoms with Gasteiger partial charge in [-0.15, -0.1) is 0 Å². The van der Waals surface area contributed by atoms with E-state index in [-0.39, 0.29) is 24.1 Å². The van der Waals surface area contributed by atoms with Crippen LogP contribution < -0.4 is 10.6 Å². The van der Waals surface area contributed by atoms with Gasteiger partial charge in [0.1, 0.15) is 11.6 Å². The molecule has 3 N–H and O–H groups in total. The fourth-order valence-electron chi connectivity index (χ4n) is 2.76. The van der Waals surface area contributed by atoms with Crippen LogP contribution in [0.25, 0.3) is 0 Å². The summed E-state index contributed by atoms with van der Waals surface area (Å²) >= 11 is 0. The molecule has 0 aromatic heterocycles. The summed E-state index contributed by atoms with van der Waals surface area (Å²) in [4.78, 5) is 12.1. The molecule has 0 saturated carbocycles. The van der Waals surface area contributed by atoms with Gasteiger partial charge in [0.25, 0.3) is 0 Å². The molecule has 0 unspecified atom stereocenters. The number of nitrogens with one attached hydrogen (secondary N) is 2. The standard InChI is InChI=1S/C17H22F2N2O2/c1-2-3-16(14-7-5-12(18)9-15(14)19)21-17(23)20-13-6-4-11(8-13)10-22/h4-7,9,11,13,16,22H,2-3,8,10H2,1H3,(H2,20,21,23)/t11-,13+,16-/m0/s1. The highest BCUT2D eigenvalue weighted by atomic mass is 19.1. The second kappa shape index (κ2) is 8.06. The second-order valence-corrected chi connectivity index (χ2v) is 5.79. The molecule has 0 fully saturated rings. The van der Waals surface area contributed by atoms with Gasteiger partial charge in [0.2, 0.25) is 0 Å². The third kappa shape index (κ3) is 4.76. The van der Waals surface area contributed by atoms with Gasteiger partial charge in [0.15, 0.2) is 0 Å². The van der Waals surface area contributed by atoms with Gasteiger partial charge in [-0.25, -0.2) is 13.6 Å². The van der Waals surface area contributed by atoms with Crippen molar-refractivity contribution in [2.45, 2.75) is 38.3 Å². The Bertz CT molecular complexity index is 578. The van der Waals surface area contributed by atoms with Crippen LogP contribution in [0.3, 0.4) is 0 Å². The average molecular weight is 324 g/mol. The average Bonchev–Trinajstić information content (AvgIpc) is 2.94.